The Morgan fingerprint density at radius 1 is 1.21 bits per heavy atom. The zero-order valence-corrected chi connectivity index (χ0v) is 18.2. The van der Waals surface area contributed by atoms with Gasteiger partial charge in [-0.2, -0.15) is 5.26 Å². The number of fused-ring (bicyclic) bond motifs is 1. The first-order valence-corrected chi connectivity index (χ1v) is 11.4. The molecule has 8 heteroatoms. The number of aliphatic hydroxyl groups is 1. The molecule has 0 aliphatic carbocycles. The first-order chi connectivity index (χ1) is 13.4. The van der Waals surface area contributed by atoms with Crippen LogP contribution >= 0.6 is 22.6 Å². The van der Waals surface area contributed by atoms with Crippen molar-refractivity contribution in [1.29, 1.82) is 5.26 Å². The summed E-state index contributed by atoms with van der Waals surface area (Å²) in [6.07, 6.45) is 1.51. The molecule has 0 saturated heterocycles. The molecule has 2 N–H and O–H groups in total. The number of nitriles is 1. The smallest absolute Gasteiger partial charge is 0.268 e. The molecule has 28 heavy (non-hydrogen) atoms. The highest BCUT2D eigenvalue weighted by Crippen LogP contribution is 2.34. The molecule has 1 aromatic heterocycles. The van der Waals surface area contributed by atoms with Gasteiger partial charge in [0.15, 0.2) is 0 Å². The summed E-state index contributed by atoms with van der Waals surface area (Å²) in [5, 5.41) is 22.4. The zero-order chi connectivity index (χ0) is 20.3. The van der Waals surface area contributed by atoms with Crippen molar-refractivity contribution in [1.82, 2.24) is 9.29 Å². The number of aromatic nitrogens is 1. The Morgan fingerprint density at radius 3 is 2.57 bits per heavy atom. The van der Waals surface area contributed by atoms with Crippen molar-refractivity contribution >= 4 is 43.5 Å². The lowest BCUT2D eigenvalue weighted by Crippen LogP contribution is -2.22. The average molecular weight is 509 g/mol. The van der Waals surface area contributed by atoms with Crippen molar-refractivity contribution < 1.29 is 13.5 Å². The Kier molecular flexibility index (Phi) is 6.40. The maximum Gasteiger partial charge on any atom is 0.268 e. The topological polar surface area (TPSA) is 95.1 Å². The largest absolute Gasteiger partial charge is 0.395 e. The van der Waals surface area contributed by atoms with Crippen LogP contribution in [0, 0.1) is 18.3 Å². The van der Waals surface area contributed by atoms with Gasteiger partial charge >= 0.3 is 0 Å². The van der Waals surface area contributed by atoms with E-state index in [0.717, 1.165) is 16.5 Å². The molecule has 3 aromatic rings. The minimum atomic E-state index is -3.82. The summed E-state index contributed by atoms with van der Waals surface area (Å²) in [5.41, 5.74) is 2.62. The number of nitrogens with one attached hydrogen (secondary N) is 1. The minimum absolute atomic E-state index is 0.0529. The molecule has 1 atom stereocenters. The van der Waals surface area contributed by atoms with Crippen molar-refractivity contribution in [3.8, 4) is 6.07 Å². The zero-order valence-electron chi connectivity index (χ0n) is 15.3. The fourth-order valence-electron chi connectivity index (χ4n) is 3.06. The van der Waals surface area contributed by atoms with E-state index >= 15 is 0 Å². The van der Waals surface area contributed by atoms with Crippen molar-refractivity contribution in [2.45, 2.75) is 15.7 Å². The fraction of sp³-hybridized carbons (Fsp3) is 0.250. The number of aliphatic hydroxyl groups excluding tert-OH is 1. The lowest BCUT2D eigenvalue weighted by molar-refractivity contribution is 0.293. The third kappa shape index (κ3) is 3.93. The van der Waals surface area contributed by atoms with Crippen molar-refractivity contribution in [3.63, 3.8) is 0 Å². The van der Waals surface area contributed by atoms with Gasteiger partial charge in [0, 0.05) is 28.6 Å². The fourth-order valence-corrected chi connectivity index (χ4v) is 5.28. The Hall–Kier alpha value is -1.93. The minimum Gasteiger partial charge on any atom is -0.395 e. The van der Waals surface area contributed by atoms with Crippen LogP contribution in [0.1, 0.15) is 20.6 Å². The number of alkyl halides is 1. The Morgan fingerprint density at radius 2 is 1.93 bits per heavy atom. The molecule has 0 radical (unpaired) electrons. The molecule has 0 fully saturated rings. The predicted octanol–water partition coefficient (Wildman–Crippen LogP) is 3.12. The van der Waals surface area contributed by atoms with Crippen LogP contribution in [0.15, 0.2) is 53.6 Å². The number of halogens is 1. The molecule has 146 valence electrons. The number of hydrogen-bond acceptors (Lipinski definition) is 5. The van der Waals surface area contributed by atoms with Gasteiger partial charge in [0.25, 0.3) is 10.0 Å². The van der Waals surface area contributed by atoms with Gasteiger partial charge in [0.1, 0.15) is 6.07 Å². The molecule has 1 heterocycles. The molecule has 1 unspecified atom stereocenters. The number of hydrogen-bond donors (Lipinski definition) is 2. The summed E-state index contributed by atoms with van der Waals surface area (Å²) >= 11 is 2.28. The molecule has 0 amide bonds. The van der Waals surface area contributed by atoms with E-state index in [4.69, 9.17) is 5.11 Å². The highest BCUT2D eigenvalue weighted by molar-refractivity contribution is 14.1. The van der Waals surface area contributed by atoms with Crippen LogP contribution in [0.5, 0.6) is 0 Å². The molecule has 3 rings (SSSR count). The third-order valence-electron chi connectivity index (χ3n) is 4.50. The highest BCUT2D eigenvalue weighted by Gasteiger charge is 2.23. The van der Waals surface area contributed by atoms with Crippen LogP contribution in [0.3, 0.4) is 0 Å². The lowest BCUT2D eigenvalue weighted by atomic mass is 10.0. The third-order valence-corrected chi connectivity index (χ3v) is 7.30. The van der Waals surface area contributed by atoms with Gasteiger partial charge in [-0.05, 0) is 36.8 Å². The molecule has 0 bridgehead atoms. The van der Waals surface area contributed by atoms with Gasteiger partial charge in [-0.25, -0.2) is 12.4 Å². The van der Waals surface area contributed by atoms with Gasteiger partial charge in [0.05, 0.1) is 22.6 Å². The maximum absolute atomic E-state index is 13.2. The van der Waals surface area contributed by atoms with Gasteiger partial charge in [-0.1, -0.05) is 46.4 Å². The van der Waals surface area contributed by atoms with Gasteiger partial charge in [-0.15, -0.1) is 0 Å². The molecule has 0 aliphatic rings. The number of aryl methyl sites for hydroxylation is 1. The summed E-state index contributed by atoms with van der Waals surface area (Å²) in [4.78, 5) is 0.181. The van der Waals surface area contributed by atoms with E-state index in [1.165, 1.54) is 10.2 Å². The van der Waals surface area contributed by atoms with Gasteiger partial charge < -0.3 is 10.4 Å². The highest BCUT2D eigenvalue weighted by atomic mass is 127. The van der Waals surface area contributed by atoms with E-state index < -0.39 is 10.0 Å². The van der Waals surface area contributed by atoms with Crippen LogP contribution in [0.4, 0.5) is 0 Å². The number of benzene rings is 2. The number of nitrogens with zero attached hydrogens (tertiary/aromatic N) is 2. The average Bonchev–Trinajstić information content (AvgIpc) is 3.13. The lowest BCUT2D eigenvalue weighted by Gasteiger charge is -2.14. The molecular weight excluding hydrogens is 489 g/mol. The quantitative estimate of drug-likeness (QED) is 0.290. The van der Waals surface area contributed by atoms with E-state index in [9.17, 15) is 13.7 Å². The first kappa shape index (κ1) is 20.8. The standard InChI is InChI=1S/C20H20IN3O3S/c1-14-2-5-16(6-3-14)28(26,27)24-10-8-18-17(19(21)13-23-9-11-25)7-4-15(12-22)20(18)24/h2-8,10,19,23,25H,9,11,13H2,1H3. The van der Waals surface area contributed by atoms with E-state index in [1.54, 1.807) is 36.4 Å². The Balaban J connectivity index is 2.14. The van der Waals surface area contributed by atoms with Crippen molar-refractivity contribution in [3.05, 3.63) is 65.4 Å². The number of rotatable bonds is 7. The van der Waals surface area contributed by atoms with E-state index in [-0.39, 0.29) is 15.4 Å². The van der Waals surface area contributed by atoms with E-state index in [2.05, 4.69) is 34.0 Å². The van der Waals surface area contributed by atoms with Crippen LogP contribution in [-0.4, -0.2) is 37.2 Å². The van der Waals surface area contributed by atoms with Crippen molar-refractivity contribution in [2.75, 3.05) is 19.7 Å². The summed E-state index contributed by atoms with van der Waals surface area (Å²) in [7, 11) is -3.82. The summed E-state index contributed by atoms with van der Waals surface area (Å²) in [6, 6.07) is 14.0. The second-order valence-electron chi connectivity index (χ2n) is 6.40. The summed E-state index contributed by atoms with van der Waals surface area (Å²) in [5.74, 6) is 0. The summed E-state index contributed by atoms with van der Waals surface area (Å²) < 4.78 is 27.6. The monoisotopic (exact) mass is 509 g/mol. The molecule has 2 aromatic carbocycles. The van der Waals surface area contributed by atoms with Gasteiger partial charge in [-0.3, -0.25) is 0 Å². The molecule has 0 aliphatic heterocycles. The Labute approximate surface area is 178 Å². The predicted molar refractivity (Wildman–Crippen MR) is 117 cm³/mol. The maximum atomic E-state index is 13.2. The molecule has 6 nitrogen and oxygen atoms in total. The second-order valence-corrected chi connectivity index (χ2v) is 9.72. The molecular formula is C20H20IN3O3S. The summed E-state index contributed by atoms with van der Waals surface area (Å²) in [6.45, 7) is 3.06. The van der Waals surface area contributed by atoms with Gasteiger partial charge in [0.2, 0.25) is 0 Å². The van der Waals surface area contributed by atoms with Crippen LogP contribution in [0.2, 0.25) is 0 Å². The van der Waals surface area contributed by atoms with Crippen LogP contribution < -0.4 is 5.32 Å². The second kappa shape index (κ2) is 8.61. The van der Waals surface area contributed by atoms with E-state index in [0.29, 0.717) is 24.2 Å². The van der Waals surface area contributed by atoms with E-state index in [1.807, 2.05) is 13.0 Å². The SMILES string of the molecule is Cc1ccc(S(=O)(=O)n2ccc3c(C(I)CNCCO)ccc(C#N)c32)cc1. The van der Waals surface area contributed by atoms with Crippen LogP contribution in [0.25, 0.3) is 10.9 Å². The first-order valence-electron chi connectivity index (χ1n) is 8.72. The normalized spacial score (nSPS) is 12.8. The molecule has 0 spiro atoms. The van der Waals surface area contributed by atoms with Crippen LogP contribution in [-0.2, 0) is 10.0 Å². The molecule has 0 saturated carbocycles. The van der Waals surface area contributed by atoms with Crippen molar-refractivity contribution in [2.24, 2.45) is 0 Å². The Bertz CT molecular complexity index is 1130.